The van der Waals surface area contributed by atoms with Gasteiger partial charge in [-0.1, -0.05) is 23.8 Å². The lowest BCUT2D eigenvalue weighted by atomic mass is 9.73. The average Bonchev–Trinajstić information content (AvgIpc) is 3.12. The van der Waals surface area contributed by atoms with Crippen molar-refractivity contribution < 1.29 is 23.9 Å². The largest absolute Gasteiger partial charge is 0.465 e. The summed E-state index contributed by atoms with van der Waals surface area (Å²) >= 11 is 6.03. The van der Waals surface area contributed by atoms with Gasteiger partial charge in [0.2, 0.25) is 11.8 Å². The predicted molar refractivity (Wildman–Crippen MR) is 89.3 cm³/mol. The smallest absolute Gasteiger partial charge is 0.339 e. The second-order valence-electron chi connectivity index (χ2n) is 6.93. The molecule has 4 unspecified atom stereocenters. The van der Waals surface area contributed by atoms with E-state index in [1.54, 1.807) is 6.07 Å². The van der Waals surface area contributed by atoms with Crippen LogP contribution in [0.5, 0.6) is 0 Å². The van der Waals surface area contributed by atoms with Gasteiger partial charge in [0.15, 0.2) is 0 Å². The van der Waals surface area contributed by atoms with Crippen molar-refractivity contribution in [1.29, 1.82) is 0 Å². The Labute approximate surface area is 149 Å². The van der Waals surface area contributed by atoms with Crippen molar-refractivity contribution in [1.82, 2.24) is 0 Å². The molecule has 0 N–H and O–H groups in total. The third-order valence-electron chi connectivity index (χ3n) is 5.34. The van der Waals surface area contributed by atoms with Crippen molar-refractivity contribution in [3.8, 4) is 0 Å². The number of anilines is 1. The summed E-state index contributed by atoms with van der Waals surface area (Å²) in [5.74, 6) is -2.44. The van der Waals surface area contributed by atoms with Gasteiger partial charge < -0.3 is 9.47 Å². The average molecular weight is 362 g/mol. The van der Waals surface area contributed by atoms with E-state index in [4.69, 9.17) is 21.1 Å². The van der Waals surface area contributed by atoms with Crippen LogP contribution in [0.25, 0.3) is 0 Å². The molecule has 6 nitrogen and oxygen atoms in total. The Morgan fingerprint density at radius 3 is 2.24 bits per heavy atom. The zero-order valence-electron chi connectivity index (χ0n) is 13.9. The number of esters is 1. The van der Waals surface area contributed by atoms with Gasteiger partial charge in [0.25, 0.3) is 0 Å². The van der Waals surface area contributed by atoms with E-state index in [-0.39, 0.29) is 22.4 Å². The lowest BCUT2D eigenvalue weighted by Crippen LogP contribution is -2.39. The van der Waals surface area contributed by atoms with Crippen LogP contribution >= 0.6 is 11.6 Å². The zero-order chi connectivity index (χ0) is 18.1. The lowest BCUT2D eigenvalue weighted by molar-refractivity contribution is -0.128. The van der Waals surface area contributed by atoms with Gasteiger partial charge in [-0.25, -0.2) is 9.69 Å². The van der Waals surface area contributed by atoms with Gasteiger partial charge in [-0.05, 0) is 32.0 Å². The fraction of sp³-hybridized carbons (Fsp3) is 0.389. The molecule has 0 aromatic heterocycles. The van der Waals surface area contributed by atoms with E-state index in [1.165, 1.54) is 19.2 Å². The molecular weight excluding hydrogens is 346 g/mol. The van der Waals surface area contributed by atoms with Gasteiger partial charge in [-0.2, -0.15) is 0 Å². The zero-order valence-corrected chi connectivity index (χ0v) is 14.7. The fourth-order valence-corrected chi connectivity index (χ4v) is 4.40. The minimum atomic E-state index is -0.793. The molecule has 2 bridgehead atoms. The summed E-state index contributed by atoms with van der Waals surface area (Å²) in [4.78, 5) is 39.0. The normalized spacial score (nSPS) is 35.4. The van der Waals surface area contributed by atoms with Crippen LogP contribution in [0.1, 0.15) is 24.2 Å². The molecule has 1 aromatic rings. The number of amides is 2. The van der Waals surface area contributed by atoms with Crippen molar-refractivity contribution in [3.05, 3.63) is 40.9 Å². The van der Waals surface area contributed by atoms with Crippen LogP contribution in [0.15, 0.2) is 30.4 Å². The van der Waals surface area contributed by atoms with Crippen LogP contribution in [0.4, 0.5) is 5.69 Å². The van der Waals surface area contributed by atoms with Gasteiger partial charge >= 0.3 is 5.97 Å². The summed E-state index contributed by atoms with van der Waals surface area (Å²) in [5, 5.41) is 0.193. The monoisotopic (exact) mass is 361 g/mol. The highest BCUT2D eigenvalue weighted by Gasteiger charge is 2.70. The number of halogens is 1. The van der Waals surface area contributed by atoms with Crippen LogP contribution in [-0.4, -0.2) is 36.1 Å². The summed E-state index contributed by atoms with van der Waals surface area (Å²) in [6, 6.07) is 4.43. The quantitative estimate of drug-likeness (QED) is 0.459. The van der Waals surface area contributed by atoms with E-state index in [0.717, 1.165) is 4.90 Å². The molecule has 0 aliphatic carbocycles. The number of hydrogen-bond acceptors (Lipinski definition) is 5. The number of carbonyl (C=O) groups excluding carboxylic acids is 3. The third-order valence-corrected chi connectivity index (χ3v) is 5.67. The van der Waals surface area contributed by atoms with Crippen LogP contribution in [-0.2, 0) is 19.1 Å². The molecule has 2 saturated heterocycles. The summed E-state index contributed by atoms with van der Waals surface area (Å²) in [6.07, 6.45) is 3.70. The Morgan fingerprint density at radius 2 is 1.72 bits per heavy atom. The molecule has 0 saturated carbocycles. The second kappa shape index (κ2) is 4.93. The first-order chi connectivity index (χ1) is 11.7. The second-order valence-corrected chi connectivity index (χ2v) is 7.33. The summed E-state index contributed by atoms with van der Waals surface area (Å²) in [5.41, 5.74) is -1.17. The highest BCUT2D eigenvalue weighted by atomic mass is 35.5. The van der Waals surface area contributed by atoms with Crippen molar-refractivity contribution in [2.75, 3.05) is 12.0 Å². The number of hydrogen-bond donors (Lipinski definition) is 0. The number of imide groups is 1. The van der Waals surface area contributed by atoms with E-state index >= 15 is 0 Å². The third kappa shape index (κ3) is 1.98. The van der Waals surface area contributed by atoms with Crippen LogP contribution in [0.3, 0.4) is 0 Å². The SMILES string of the molecule is COC(=O)c1cc(N2C(=O)C3C(C2=O)C2(C)C=CC3(C)O2)ccc1Cl. The molecule has 2 amide bonds. The number of fused-ring (bicyclic) bond motifs is 5. The first-order valence-electron chi connectivity index (χ1n) is 7.88. The maximum absolute atomic E-state index is 13.0. The molecule has 7 heteroatoms. The Bertz CT molecular complexity index is 829. The van der Waals surface area contributed by atoms with Crippen LogP contribution < -0.4 is 4.90 Å². The van der Waals surface area contributed by atoms with Crippen LogP contribution in [0, 0.1) is 11.8 Å². The van der Waals surface area contributed by atoms with Gasteiger partial charge in [0.05, 0.1) is 46.4 Å². The number of methoxy groups -OCH3 is 1. The maximum Gasteiger partial charge on any atom is 0.339 e. The molecule has 3 aliphatic rings. The molecular formula is C18H16ClNO5. The Hall–Kier alpha value is -2.18. The Morgan fingerprint density at radius 1 is 1.16 bits per heavy atom. The van der Waals surface area contributed by atoms with E-state index in [9.17, 15) is 14.4 Å². The van der Waals surface area contributed by atoms with Crippen molar-refractivity contribution >= 4 is 35.1 Å². The predicted octanol–water partition coefficient (Wildman–Crippen LogP) is 2.35. The van der Waals surface area contributed by atoms with E-state index in [0.29, 0.717) is 5.69 Å². The molecule has 4 rings (SSSR count). The number of ether oxygens (including phenoxy) is 2. The number of carbonyl (C=O) groups is 3. The van der Waals surface area contributed by atoms with Crippen LogP contribution in [0.2, 0.25) is 5.02 Å². The van der Waals surface area contributed by atoms with E-state index in [2.05, 4.69) is 0 Å². The first-order valence-corrected chi connectivity index (χ1v) is 8.26. The number of rotatable bonds is 2. The highest BCUT2D eigenvalue weighted by Crippen LogP contribution is 2.57. The van der Waals surface area contributed by atoms with Gasteiger partial charge in [-0.3, -0.25) is 9.59 Å². The summed E-state index contributed by atoms with van der Waals surface area (Å²) < 4.78 is 10.7. The summed E-state index contributed by atoms with van der Waals surface area (Å²) in [7, 11) is 1.24. The number of benzene rings is 1. The molecule has 130 valence electrons. The van der Waals surface area contributed by atoms with E-state index < -0.39 is 29.0 Å². The van der Waals surface area contributed by atoms with Gasteiger partial charge in [0.1, 0.15) is 0 Å². The summed E-state index contributed by atoms with van der Waals surface area (Å²) in [6.45, 7) is 3.63. The minimum absolute atomic E-state index is 0.106. The molecule has 3 heterocycles. The van der Waals surface area contributed by atoms with E-state index in [1.807, 2.05) is 26.0 Å². The molecule has 0 spiro atoms. The van der Waals surface area contributed by atoms with Crippen molar-refractivity contribution in [3.63, 3.8) is 0 Å². The topological polar surface area (TPSA) is 72.9 Å². The molecule has 4 atom stereocenters. The molecule has 2 fully saturated rings. The Balaban J connectivity index is 1.78. The Kier molecular flexibility index (Phi) is 3.21. The molecule has 0 radical (unpaired) electrons. The highest BCUT2D eigenvalue weighted by molar-refractivity contribution is 6.34. The molecule has 1 aromatic carbocycles. The lowest BCUT2D eigenvalue weighted by Gasteiger charge is -2.25. The first kappa shape index (κ1) is 16.3. The maximum atomic E-state index is 13.0. The van der Waals surface area contributed by atoms with Gasteiger partial charge in [0, 0.05) is 0 Å². The number of nitrogens with zero attached hydrogens (tertiary/aromatic N) is 1. The van der Waals surface area contributed by atoms with Crippen molar-refractivity contribution in [2.24, 2.45) is 11.8 Å². The standard InChI is InChI=1S/C18H16ClNO5/c1-17-6-7-18(2,25-17)13-12(17)14(21)20(15(13)22)9-4-5-11(19)10(8-9)16(23)24-3/h4-8,12-13H,1-3H3. The molecule has 25 heavy (non-hydrogen) atoms. The van der Waals surface area contributed by atoms with Gasteiger partial charge in [-0.15, -0.1) is 0 Å². The fourth-order valence-electron chi connectivity index (χ4n) is 4.20. The molecule has 3 aliphatic heterocycles. The minimum Gasteiger partial charge on any atom is -0.465 e. The van der Waals surface area contributed by atoms with Crippen molar-refractivity contribution in [2.45, 2.75) is 25.0 Å².